The molecular formula is C13H17N3O4S. The minimum absolute atomic E-state index is 0.0645. The third-order valence-corrected chi connectivity index (χ3v) is 4.33. The molecule has 0 atom stereocenters. The van der Waals surface area contributed by atoms with Gasteiger partial charge in [-0.05, 0) is 12.1 Å². The molecule has 0 aliphatic heterocycles. The van der Waals surface area contributed by atoms with Gasteiger partial charge >= 0.3 is 0 Å². The molecule has 1 heterocycles. The van der Waals surface area contributed by atoms with Gasteiger partial charge in [0.2, 0.25) is 10.0 Å². The van der Waals surface area contributed by atoms with E-state index in [0.29, 0.717) is 5.75 Å². The Balaban J connectivity index is 2.22. The van der Waals surface area contributed by atoms with E-state index in [2.05, 4.69) is 9.82 Å². The van der Waals surface area contributed by atoms with Gasteiger partial charge in [0.05, 0.1) is 20.4 Å². The average molecular weight is 311 g/mol. The first-order valence-electron chi connectivity index (χ1n) is 6.15. The summed E-state index contributed by atoms with van der Waals surface area (Å²) in [6, 6.07) is 4.54. The van der Waals surface area contributed by atoms with E-state index in [9.17, 15) is 8.42 Å². The lowest BCUT2D eigenvalue weighted by Gasteiger charge is -2.11. The van der Waals surface area contributed by atoms with Crippen LogP contribution in [0.2, 0.25) is 0 Å². The van der Waals surface area contributed by atoms with Crippen LogP contribution in [-0.4, -0.2) is 32.4 Å². The number of nitrogens with zero attached hydrogens (tertiary/aromatic N) is 2. The SMILES string of the molecule is COc1ccc(S(=O)(=O)NCc2cnn(C)c2)c(OC)c1. The largest absolute Gasteiger partial charge is 0.497 e. The molecule has 0 unspecified atom stereocenters. The van der Waals surface area contributed by atoms with Gasteiger partial charge in [-0.2, -0.15) is 5.10 Å². The number of ether oxygens (including phenoxy) is 2. The molecule has 0 radical (unpaired) electrons. The van der Waals surface area contributed by atoms with Crippen LogP contribution in [0.15, 0.2) is 35.5 Å². The molecule has 0 amide bonds. The first kappa shape index (κ1) is 15.3. The summed E-state index contributed by atoms with van der Waals surface area (Å²) in [6.45, 7) is 0.158. The molecule has 0 saturated heterocycles. The summed E-state index contributed by atoms with van der Waals surface area (Å²) in [4.78, 5) is 0.0645. The predicted molar refractivity (Wildman–Crippen MR) is 76.8 cm³/mol. The Kier molecular flexibility index (Phi) is 4.49. The molecule has 1 N–H and O–H groups in total. The molecule has 0 saturated carbocycles. The maximum Gasteiger partial charge on any atom is 0.244 e. The summed E-state index contributed by atoms with van der Waals surface area (Å²) in [7, 11) is 0.999. The molecule has 8 heteroatoms. The van der Waals surface area contributed by atoms with E-state index in [4.69, 9.17) is 9.47 Å². The molecule has 0 fully saturated rings. The summed E-state index contributed by atoms with van der Waals surface area (Å²) in [6.07, 6.45) is 3.35. The van der Waals surface area contributed by atoms with Crippen LogP contribution in [0.25, 0.3) is 0 Å². The van der Waals surface area contributed by atoms with Gasteiger partial charge in [-0.25, -0.2) is 13.1 Å². The van der Waals surface area contributed by atoms with Gasteiger partial charge in [-0.1, -0.05) is 0 Å². The second-order valence-electron chi connectivity index (χ2n) is 4.36. The molecule has 2 rings (SSSR count). The topological polar surface area (TPSA) is 82.5 Å². The number of rotatable bonds is 6. The number of methoxy groups -OCH3 is 2. The van der Waals surface area contributed by atoms with Gasteiger partial charge in [0, 0.05) is 31.4 Å². The first-order valence-corrected chi connectivity index (χ1v) is 7.64. The molecule has 1 aromatic carbocycles. The highest BCUT2D eigenvalue weighted by atomic mass is 32.2. The smallest absolute Gasteiger partial charge is 0.244 e. The van der Waals surface area contributed by atoms with E-state index >= 15 is 0 Å². The van der Waals surface area contributed by atoms with Crippen molar-refractivity contribution < 1.29 is 17.9 Å². The van der Waals surface area contributed by atoms with Crippen molar-refractivity contribution in [3.63, 3.8) is 0 Å². The van der Waals surface area contributed by atoms with Crippen LogP contribution in [0, 0.1) is 0 Å². The number of nitrogens with one attached hydrogen (secondary N) is 1. The van der Waals surface area contributed by atoms with Crippen molar-refractivity contribution in [2.24, 2.45) is 7.05 Å². The summed E-state index contributed by atoms with van der Waals surface area (Å²) in [5.41, 5.74) is 0.772. The maximum absolute atomic E-state index is 12.3. The van der Waals surface area contributed by atoms with Gasteiger partial charge in [-0.3, -0.25) is 4.68 Å². The number of benzene rings is 1. The van der Waals surface area contributed by atoms with Crippen LogP contribution in [0.3, 0.4) is 0 Å². The van der Waals surface area contributed by atoms with Crippen LogP contribution in [-0.2, 0) is 23.6 Å². The Morgan fingerprint density at radius 1 is 1.29 bits per heavy atom. The fourth-order valence-corrected chi connectivity index (χ4v) is 2.98. The third-order valence-electron chi connectivity index (χ3n) is 2.88. The second kappa shape index (κ2) is 6.15. The lowest BCUT2D eigenvalue weighted by Crippen LogP contribution is -2.23. The molecule has 0 bridgehead atoms. The molecule has 0 spiro atoms. The molecule has 0 aliphatic carbocycles. The summed E-state index contributed by atoms with van der Waals surface area (Å²) in [5.74, 6) is 0.756. The lowest BCUT2D eigenvalue weighted by atomic mass is 10.3. The van der Waals surface area contributed by atoms with Crippen LogP contribution in [0.5, 0.6) is 11.5 Å². The standard InChI is InChI=1S/C13H17N3O4S/c1-16-9-10(7-14-16)8-15-21(17,18)13-5-4-11(19-2)6-12(13)20-3/h4-7,9,15H,8H2,1-3H3. The zero-order valence-corrected chi connectivity index (χ0v) is 12.8. The van der Waals surface area contributed by atoms with E-state index in [-0.39, 0.29) is 17.2 Å². The van der Waals surface area contributed by atoms with E-state index in [1.165, 1.54) is 26.4 Å². The monoisotopic (exact) mass is 311 g/mol. The van der Waals surface area contributed by atoms with Crippen molar-refractivity contribution in [3.05, 3.63) is 36.2 Å². The van der Waals surface area contributed by atoms with Crippen molar-refractivity contribution in [1.29, 1.82) is 0 Å². The zero-order valence-electron chi connectivity index (χ0n) is 12.0. The lowest BCUT2D eigenvalue weighted by molar-refractivity contribution is 0.386. The van der Waals surface area contributed by atoms with Gasteiger partial charge < -0.3 is 9.47 Å². The van der Waals surface area contributed by atoms with Crippen molar-refractivity contribution >= 4 is 10.0 Å². The molecule has 114 valence electrons. The van der Waals surface area contributed by atoms with Crippen molar-refractivity contribution in [3.8, 4) is 11.5 Å². The molecule has 1 aromatic heterocycles. The number of hydrogen-bond acceptors (Lipinski definition) is 5. The molecule has 7 nitrogen and oxygen atoms in total. The minimum atomic E-state index is -3.68. The Labute approximate surface area is 123 Å². The minimum Gasteiger partial charge on any atom is -0.497 e. The fourth-order valence-electron chi connectivity index (χ4n) is 1.82. The Hall–Kier alpha value is -2.06. The van der Waals surface area contributed by atoms with E-state index < -0.39 is 10.0 Å². The van der Waals surface area contributed by atoms with Crippen LogP contribution < -0.4 is 14.2 Å². The van der Waals surface area contributed by atoms with E-state index in [0.717, 1.165) is 5.56 Å². The summed E-state index contributed by atoms with van der Waals surface area (Å²) in [5, 5.41) is 3.99. The van der Waals surface area contributed by atoms with Crippen molar-refractivity contribution in [1.82, 2.24) is 14.5 Å². The molecule has 21 heavy (non-hydrogen) atoms. The van der Waals surface area contributed by atoms with Gasteiger partial charge in [0.15, 0.2) is 0 Å². The van der Waals surface area contributed by atoms with Crippen LogP contribution in [0.4, 0.5) is 0 Å². The Morgan fingerprint density at radius 2 is 2.05 bits per heavy atom. The highest BCUT2D eigenvalue weighted by Gasteiger charge is 2.20. The van der Waals surface area contributed by atoms with Gasteiger partial charge in [0.25, 0.3) is 0 Å². The Morgan fingerprint density at radius 3 is 2.62 bits per heavy atom. The highest BCUT2D eigenvalue weighted by molar-refractivity contribution is 7.89. The summed E-state index contributed by atoms with van der Waals surface area (Å²) >= 11 is 0. The van der Waals surface area contributed by atoms with Crippen molar-refractivity contribution in [2.75, 3.05) is 14.2 Å². The second-order valence-corrected chi connectivity index (χ2v) is 6.10. The maximum atomic E-state index is 12.3. The number of sulfonamides is 1. The number of aromatic nitrogens is 2. The fraction of sp³-hybridized carbons (Fsp3) is 0.308. The van der Waals surface area contributed by atoms with Crippen LogP contribution >= 0.6 is 0 Å². The van der Waals surface area contributed by atoms with E-state index in [1.807, 2.05) is 0 Å². The molecule has 2 aromatic rings. The van der Waals surface area contributed by atoms with Crippen LogP contribution in [0.1, 0.15) is 5.56 Å². The van der Waals surface area contributed by atoms with Gasteiger partial charge in [0.1, 0.15) is 16.4 Å². The predicted octanol–water partition coefficient (Wildman–Crippen LogP) is 0.916. The number of hydrogen-bond donors (Lipinski definition) is 1. The van der Waals surface area contributed by atoms with E-state index in [1.54, 1.807) is 30.2 Å². The third kappa shape index (κ3) is 3.53. The average Bonchev–Trinajstić information content (AvgIpc) is 2.90. The molecular weight excluding hydrogens is 294 g/mol. The zero-order chi connectivity index (χ0) is 15.5. The normalized spacial score (nSPS) is 11.4. The first-order chi connectivity index (χ1) is 9.96. The molecule has 0 aliphatic rings. The number of aryl methyl sites for hydroxylation is 1. The van der Waals surface area contributed by atoms with Gasteiger partial charge in [-0.15, -0.1) is 0 Å². The Bertz CT molecular complexity index is 725. The summed E-state index contributed by atoms with van der Waals surface area (Å²) < 4.78 is 39.0. The van der Waals surface area contributed by atoms with Crippen molar-refractivity contribution in [2.45, 2.75) is 11.4 Å². The quantitative estimate of drug-likeness (QED) is 0.857. The highest BCUT2D eigenvalue weighted by Crippen LogP contribution is 2.28.